The minimum atomic E-state index is -0.530. The Hall–Kier alpha value is -2.67. The third-order valence-corrected chi connectivity index (χ3v) is 5.92. The molecule has 1 saturated heterocycles. The maximum absolute atomic E-state index is 13.0. The molecular weight excluding hydrogens is 376 g/mol. The Bertz CT molecular complexity index is 870. The molecule has 0 bridgehead atoms. The SMILES string of the molecule is CCOC(=O)c1c(NC(=O)c2ccccc2)sc(C(=O)N2CCCCC2)c1C. The smallest absolute Gasteiger partial charge is 0.341 e. The molecule has 1 fully saturated rings. The molecule has 0 radical (unpaired) electrons. The van der Waals surface area contributed by atoms with E-state index in [0.717, 1.165) is 43.7 Å². The Kier molecular flexibility index (Phi) is 6.46. The number of carbonyl (C=O) groups is 3. The number of amides is 2. The van der Waals surface area contributed by atoms with E-state index in [1.807, 2.05) is 11.0 Å². The first-order valence-corrected chi connectivity index (χ1v) is 10.3. The lowest BCUT2D eigenvalue weighted by Gasteiger charge is -2.26. The van der Waals surface area contributed by atoms with Crippen molar-refractivity contribution in [1.29, 1.82) is 0 Å². The first-order valence-electron chi connectivity index (χ1n) is 9.49. The van der Waals surface area contributed by atoms with Crippen LogP contribution in [0, 0.1) is 6.92 Å². The van der Waals surface area contributed by atoms with E-state index in [0.29, 0.717) is 21.0 Å². The lowest BCUT2D eigenvalue weighted by molar-refractivity contribution is 0.0527. The topological polar surface area (TPSA) is 75.7 Å². The molecule has 0 unspecified atom stereocenters. The molecule has 1 aliphatic heterocycles. The highest BCUT2D eigenvalue weighted by Gasteiger charge is 2.29. The van der Waals surface area contributed by atoms with Gasteiger partial charge in [0.2, 0.25) is 0 Å². The zero-order chi connectivity index (χ0) is 20.1. The Labute approximate surface area is 168 Å². The fraction of sp³-hybridized carbons (Fsp3) is 0.381. The Morgan fingerprint density at radius 2 is 1.79 bits per heavy atom. The van der Waals surface area contributed by atoms with E-state index in [2.05, 4.69) is 5.32 Å². The van der Waals surface area contributed by atoms with Gasteiger partial charge in [0.05, 0.1) is 17.0 Å². The Morgan fingerprint density at radius 3 is 2.43 bits per heavy atom. The van der Waals surface area contributed by atoms with Crippen LogP contribution in [0.15, 0.2) is 30.3 Å². The number of hydrogen-bond acceptors (Lipinski definition) is 5. The minimum absolute atomic E-state index is 0.0899. The van der Waals surface area contributed by atoms with Crippen molar-refractivity contribution >= 4 is 34.1 Å². The monoisotopic (exact) mass is 400 g/mol. The summed E-state index contributed by atoms with van der Waals surface area (Å²) in [6, 6.07) is 8.75. The largest absolute Gasteiger partial charge is 0.462 e. The summed E-state index contributed by atoms with van der Waals surface area (Å²) >= 11 is 1.14. The lowest BCUT2D eigenvalue weighted by atomic mass is 10.1. The number of piperidine rings is 1. The quantitative estimate of drug-likeness (QED) is 0.767. The Balaban J connectivity index is 1.94. The molecule has 2 amide bonds. The molecule has 7 heteroatoms. The first-order chi connectivity index (χ1) is 13.5. The van der Waals surface area contributed by atoms with Gasteiger partial charge in [0.1, 0.15) is 5.00 Å². The number of carbonyl (C=O) groups excluding carboxylic acids is 3. The van der Waals surface area contributed by atoms with Gasteiger partial charge in [-0.25, -0.2) is 4.79 Å². The van der Waals surface area contributed by atoms with Gasteiger partial charge in [-0.15, -0.1) is 11.3 Å². The van der Waals surface area contributed by atoms with E-state index in [1.165, 1.54) is 0 Å². The van der Waals surface area contributed by atoms with Gasteiger partial charge in [-0.2, -0.15) is 0 Å². The second kappa shape index (κ2) is 9.01. The van der Waals surface area contributed by atoms with E-state index >= 15 is 0 Å². The number of likely N-dealkylation sites (tertiary alicyclic amines) is 1. The van der Waals surface area contributed by atoms with Gasteiger partial charge in [-0.3, -0.25) is 9.59 Å². The second-order valence-electron chi connectivity index (χ2n) is 6.65. The number of hydrogen-bond donors (Lipinski definition) is 1. The van der Waals surface area contributed by atoms with Crippen LogP contribution in [0.25, 0.3) is 0 Å². The predicted octanol–water partition coefficient (Wildman–Crippen LogP) is 4.11. The highest BCUT2D eigenvalue weighted by Crippen LogP contribution is 2.35. The van der Waals surface area contributed by atoms with Crippen LogP contribution in [0.5, 0.6) is 0 Å². The summed E-state index contributed by atoms with van der Waals surface area (Å²) in [5.74, 6) is -0.949. The number of rotatable bonds is 5. The average molecular weight is 401 g/mol. The summed E-state index contributed by atoms with van der Waals surface area (Å²) in [7, 11) is 0. The minimum Gasteiger partial charge on any atom is -0.462 e. The van der Waals surface area contributed by atoms with Gasteiger partial charge in [0.15, 0.2) is 0 Å². The molecule has 0 spiro atoms. The molecule has 0 saturated carbocycles. The van der Waals surface area contributed by atoms with Crippen molar-refractivity contribution in [3.05, 3.63) is 51.9 Å². The molecule has 1 aromatic heterocycles. The van der Waals surface area contributed by atoms with Gasteiger partial charge in [0, 0.05) is 18.7 Å². The van der Waals surface area contributed by atoms with Crippen molar-refractivity contribution in [1.82, 2.24) is 4.90 Å². The van der Waals surface area contributed by atoms with E-state index in [4.69, 9.17) is 4.74 Å². The molecule has 0 atom stereocenters. The van der Waals surface area contributed by atoms with Crippen molar-refractivity contribution < 1.29 is 19.1 Å². The summed E-state index contributed by atoms with van der Waals surface area (Å²) in [6.45, 7) is 5.11. The van der Waals surface area contributed by atoms with Gasteiger partial charge in [-0.05, 0) is 50.8 Å². The van der Waals surface area contributed by atoms with E-state index in [9.17, 15) is 14.4 Å². The highest BCUT2D eigenvalue weighted by molar-refractivity contribution is 7.18. The Morgan fingerprint density at radius 1 is 1.11 bits per heavy atom. The van der Waals surface area contributed by atoms with Crippen molar-refractivity contribution in [3.63, 3.8) is 0 Å². The lowest BCUT2D eigenvalue weighted by Crippen LogP contribution is -2.35. The summed E-state index contributed by atoms with van der Waals surface area (Å²) in [4.78, 5) is 40.4. The normalized spacial score (nSPS) is 13.9. The third kappa shape index (κ3) is 4.25. The van der Waals surface area contributed by atoms with Crippen molar-refractivity contribution in [2.45, 2.75) is 33.1 Å². The zero-order valence-electron chi connectivity index (χ0n) is 16.1. The molecule has 28 heavy (non-hydrogen) atoms. The van der Waals surface area contributed by atoms with Crippen LogP contribution in [0.2, 0.25) is 0 Å². The second-order valence-corrected chi connectivity index (χ2v) is 7.67. The maximum atomic E-state index is 13.0. The van der Waals surface area contributed by atoms with Crippen molar-refractivity contribution in [2.24, 2.45) is 0 Å². The van der Waals surface area contributed by atoms with E-state index in [-0.39, 0.29) is 24.0 Å². The number of benzene rings is 1. The molecule has 1 aliphatic rings. The number of ether oxygens (including phenoxy) is 1. The average Bonchev–Trinajstić information content (AvgIpc) is 3.04. The van der Waals surface area contributed by atoms with Gasteiger partial charge in [0.25, 0.3) is 11.8 Å². The van der Waals surface area contributed by atoms with Crippen LogP contribution >= 0.6 is 11.3 Å². The molecular formula is C21H24N2O4S. The standard InChI is InChI=1S/C21H24N2O4S/c1-3-27-21(26)16-14(2)17(20(25)23-12-8-5-9-13-23)28-19(16)22-18(24)15-10-6-4-7-11-15/h4,6-7,10-11H,3,5,8-9,12-13H2,1-2H3,(H,22,24). The van der Waals surface area contributed by atoms with Crippen LogP contribution < -0.4 is 5.32 Å². The fourth-order valence-corrected chi connectivity index (χ4v) is 4.42. The van der Waals surface area contributed by atoms with Crippen LogP contribution in [0.1, 0.15) is 62.1 Å². The van der Waals surface area contributed by atoms with Crippen LogP contribution in [0.3, 0.4) is 0 Å². The predicted molar refractivity (Wildman–Crippen MR) is 109 cm³/mol. The molecule has 1 N–H and O–H groups in total. The number of thiophene rings is 1. The van der Waals surface area contributed by atoms with Crippen LogP contribution in [0.4, 0.5) is 5.00 Å². The molecule has 3 rings (SSSR count). The van der Waals surface area contributed by atoms with Crippen LogP contribution in [-0.4, -0.2) is 42.4 Å². The van der Waals surface area contributed by atoms with Gasteiger partial charge < -0.3 is 15.0 Å². The summed E-state index contributed by atoms with van der Waals surface area (Å²) in [6.07, 6.45) is 3.09. The summed E-state index contributed by atoms with van der Waals surface area (Å²) in [5, 5.41) is 3.15. The fourth-order valence-electron chi connectivity index (χ4n) is 3.26. The van der Waals surface area contributed by atoms with Crippen molar-refractivity contribution in [2.75, 3.05) is 25.0 Å². The maximum Gasteiger partial charge on any atom is 0.341 e. The number of esters is 1. The van der Waals surface area contributed by atoms with Crippen molar-refractivity contribution in [3.8, 4) is 0 Å². The van der Waals surface area contributed by atoms with E-state index in [1.54, 1.807) is 38.1 Å². The molecule has 148 valence electrons. The summed E-state index contributed by atoms with van der Waals surface area (Å²) in [5.41, 5.74) is 1.30. The highest BCUT2D eigenvalue weighted by atomic mass is 32.1. The van der Waals surface area contributed by atoms with Gasteiger partial charge >= 0.3 is 5.97 Å². The molecule has 2 aromatic rings. The van der Waals surface area contributed by atoms with Crippen LogP contribution in [-0.2, 0) is 4.74 Å². The third-order valence-electron chi connectivity index (χ3n) is 4.73. The van der Waals surface area contributed by atoms with E-state index < -0.39 is 5.97 Å². The molecule has 0 aliphatic carbocycles. The molecule has 2 heterocycles. The summed E-state index contributed by atoms with van der Waals surface area (Å²) < 4.78 is 5.17. The molecule has 6 nitrogen and oxygen atoms in total. The van der Waals surface area contributed by atoms with Gasteiger partial charge in [-0.1, -0.05) is 18.2 Å². The number of nitrogens with one attached hydrogen (secondary N) is 1. The number of anilines is 1. The number of nitrogens with zero attached hydrogens (tertiary/aromatic N) is 1. The first kappa shape index (κ1) is 20.1. The molecule has 1 aromatic carbocycles. The zero-order valence-corrected chi connectivity index (χ0v) is 16.9.